The van der Waals surface area contributed by atoms with Crippen molar-refractivity contribution in [3.05, 3.63) is 66.1 Å². The predicted octanol–water partition coefficient (Wildman–Crippen LogP) is 4.94. The van der Waals surface area contributed by atoms with Crippen molar-refractivity contribution >= 4 is 27.6 Å². The fourth-order valence-corrected chi connectivity index (χ4v) is 4.51. The molecule has 0 saturated carbocycles. The van der Waals surface area contributed by atoms with Gasteiger partial charge >= 0.3 is 0 Å². The standard InChI is InChI=1S/C24H27N3O2/c1-17(22-15-25-23-5-3-18(16-28-2)13-21(22)23)26-8-10-27(11-9-26)20-4-6-24-19(14-20)7-12-29-24/h3-7,12-15,17,25H,8-11,16H2,1-2H3. The van der Waals surface area contributed by atoms with Crippen molar-refractivity contribution in [1.82, 2.24) is 9.88 Å². The number of H-pyrrole nitrogens is 1. The second kappa shape index (κ2) is 7.58. The van der Waals surface area contributed by atoms with Crippen LogP contribution in [-0.2, 0) is 11.3 Å². The minimum Gasteiger partial charge on any atom is -0.464 e. The molecule has 29 heavy (non-hydrogen) atoms. The highest BCUT2D eigenvalue weighted by Crippen LogP contribution is 2.31. The lowest BCUT2D eigenvalue weighted by Crippen LogP contribution is -2.47. The van der Waals surface area contributed by atoms with E-state index in [2.05, 4.69) is 64.3 Å². The van der Waals surface area contributed by atoms with E-state index in [-0.39, 0.29) is 0 Å². The van der Waals surface area contributed by atoms with E-state index in [1.54, 1.807) is 13.4 Å². The molecule has 2 aromatic carbocycles. The van der Waals surface area contributed by atoms with Crippen LogP contribution in [0.1, 0.15) is 24.1 Å². The maximum Gasteiger partial charge on any atom is 0.133 e. The molecule has 3 heterocycles. The molecule has 1 atom stereocenters. The first-order valence-electron chi connectivity index (χ1n) is 10.3. The maximum absolute atomic E-state index is 5.47. The number of furan rings is 1. The van der Waals surface area contributed by atoms with Gasteiger partial charge in [0.05, 0.1) is 12.9 Å². The van der Waals surface area contributed by atoms with Crippen molar-refractivity contribution in [3.8, 4) is 0 Å². The first-order chi connectivity index (χ1) is 14.2. The van der Waals surface area contributed by atoms with Gasteiger partial charge in [0.15, 0.2) is 0 Å². The molecule has 0 radical (unpaired) electrons. The molecule has 0 spiro atoms. The molecule has 0 bridgehead atoms. The topological polar surface area (TPSA) is 44.6 Å². The summed E-state index contributed by atoms with van der Waals surface area (Å²) in [7, 11) is 1.74. The number of benzene rings is 2. The number of hydrogen-bond donors (Lipinski definition) is 1. The molecule has 0 aliphatic carbocycles. The number of rotatable bonds is 5. The molecule has 2 aromatic heterocycles. The van der Waals surface area contributed by atoms with Crippen molar-refractivity contribution in [2.45, 2.75) is 19.6 Å². The van der Waals surface area contributed by atoms with Crippen LogP contribution in [0.15, 0.2) is 59.3 Å². The number of aromatic amines is 1. The zero-order valence-electron chi connectivity index (χ0n) is 17.0. The number of piperazine rings is 1. The van der Waals surface area contributed by atoms with E-state index in [4.69, 9.17) is 9.15 Å². The number of anilines is 1. The molecule has 1 aliphatic heterocycles. The SMILES string of the molecule is COCc1ccc2[nH]cc(C(C)N3CCN(c4ccc5occc5c4)CC3)c2c1. The summed E-state index contributed by atoms with van der Waals surface area (Å²) in [6, 6.07) is 15.4. The Balaban J connectivity index is 1.31. The third-order valence-corrected chi connectivity index (χ3v) is 6.20. The van der Waals surface area contributed by atoms with Crippen LogP contribution in [0.5, 0.6) is 0 Å². The van der Waals surface area contributed by atoms with Gasteiger partial charge in [-0.1, -0.05) is 6.07 Å². The van der Waals surface area contributed by atoms with Gasteiger partial charge in [0, 0.05) is 67.5 Å². The molecule has 1 N–H and O–H groups in total. The lowest BCUT2D eigenvalue weighted by atomic mass is 10.0. The summed E-state index contributed by atoms with van der Waals surface area (Å²) < 4.78 is 10.8. The monoisotopic (exact) mass is 389 g/mol. The Morgan fingerprint density at radius 3 is 2.76 bits per heavy atom. The third-order valence-electron chi connectivity index (χ3n) is 6.20. The first kappa shape index (κ1) is 18.3. The average molecular weight is 389 g/mol. The number of methoxy groups -OCH3 is 1. The van der Waals surface area contributed by atoms with Gasteiger partial charge in [-0.25, -0.2) is 0 Å². The Hall–Kier alpha value is -2.76. The average Bonchev–Trinajstić information content (AvgIpc) is 3.39. The van der Waals surface area contributed by atoms with E-state index in [1.807, 2.05) is 6.07 Å². The van der Waals surface area contributed by atoms with E-state index in [0.29, 0.717) is 12.6 Å². The number of fused-ring (bicyclic) bond motifs is 2. The van der Waals surface area contributed by atoms with E-state index in [1.165, 1.54) is 33.1 Å². The Bertz CT molecular complexity index is 1120. The van der Waals surface area contributed by atoms with Crippen LogP contribution in [0, 0.1) is 0 Å². The smallest absolute Gasteiger partial charge is 0.133 e. The van der Waals surface area contributed by atoms with Crippen molar-refractivity contribution < 1.29 is 9.15 Å². The molecular weight excluding hydrogens is 362 g/mol. The van der Waals surface area contributed by atoms with Gasteiger partial charge in [0.25, 0.3) is 0 Å². The summed E-state index contributed by atoms with van der Waals surface area (Å²) in [5.41, 5.74) is 6.01. The van der Waals surface area contributed by atoms with Crippen molar-refractivity contribution in [3.63, 3.8) is 0 Å². The van der Waals surface area contributed by atoms with Gasteiger partial charge < -0.3 is 19.0 Å². The number of nitrogens with one attached hydrogen (secondary N) is 1. The molecular formula is C24H27N3O2. The number of nitrogens with zero attached hydrogens (tertiary/aromatic N) is 2. The van der Waals surface area contributed by atoms with E-state index in [9.17, 15) is 0 Å². The molecule has 5 nitrogen and oxygen atoms in total. The summed E-state index contributed by atoms with van der Waals surface area (Å²) in [6.07, 6.45) is 3.93. The summed E-state index contributed by atoms with van der Waals surface area (Å²) >= 11 is 0. The van der Waals surface area contributed by atoms with Gasteiger partial charge in [-0.2, -0.15) is 0 Å². The predicted molar refractivity (Wildman–Crippen MR) is 117 cm³/mol. The van der Waals surface area contributed by atoms with Gasteiger partial charge in [0.2, 0.25) is 0 Å². The van der Waals surface area contributed by atoms with Gasteiger partial charge in [0.1, 0.15) is 5.58 Å². The molecule has 5 rings (SSSR count). The molecule has 1 unspecified atom stereocenters. The quantitative estimate of drug-likeness (QED) is 0.525. The number of aromatic nitrogens is 1. The fourth-order valence-electron chi connectivity index (χ4n) is 4.51. The molecule has 4 aromatic rings. The first-order valence-corrected chi connectivity index (χ1v) is 10.3. The minimum absolute atomic E-state index is 0.375. The Kier molecular flexibility index (Phi) is 4.78. The van der Waals surface area contributed by atoms with Crippen molar-refractivity contribution in [1.29, 1.82) is 0 Å². The van der Waals surface area contributed by atoms with Crippen LogP contribution < -0.4 is 4.90 Å². The second-order valence-corrected chi connectivity index (χ2v) is 7.90. The zero-order chi connectivity index (χ0) is 19.8. The summed E-state index contributed by atoms with van der Waals surface area (Å²) in [5, 5.41) is 2.48. The highest BCUT2D eigenvalue weighted by atomic mass is 16.5. The van der Waals surface area contributed by atoms with E-state index >= 15 is 0 Å². The normalized spacial score (nSPS) is 16.7. The summed E-state index contributed by atoms with van der Waals surface area (Å²) in [6.45, 7) is 7.13. The maximum atomic E-state index is 5.47. The highest BCUT2D eigenvalue weighted by Gasteiger charge is 2.24. The summed E-state index contributed by atoms with van der Waals surface area (Å²) in [4.78, 5) is 8.50. The van der Waals surface area contributed by atoms with Gasteiger partial charge in [-0.05, 0) is 54.4 Å². The zero-order valence-corrected chi connectivity index (χ0v) is 17.0. The number of ether oxygens (including phenoxy) is 1. The molecule has 150 valence electrons. The van der Waals surface area contributed by atoms with Crippen LogP contribution in [-0.4, -0.2) is 43.2 Å². The van der Waals surface area contributed by atoms with Crippen LogP contribution in [0.25, 0.3) is 21.9 Å². The Morgan fingerprint density at radius 1 is 1.07 bits per heavy atom. The molecule has 1 saturated heterocycles. The van der Waals surface area contributed by atoms with E-state index < -0.39 is 0 Å². The fraction of sp³-hybridized carbons (Fsp3) is 0.333. The molecule has 0 amide bonds. The van der Waals surface area contributed by atoms with Gasteiger partial charge in [-0.15, -0.1) is 0 Å². The lowest BCUT2D eigenvalue weighted by Gasteiger charge is -2.39. The summed E-state index contributed by atoms with van der Waals surface area (Å²) in [5.74, 6) is 0. The van der Waals surface area contributed by atoms with Crippen LogP contribution >= 0.6 is 0 Å². The van der Waals surface area contributed by atoms with Crippen LogP contribution in [0.3, 0.4) is 0 Å². The molecule has 5 heteroatoms. The van der Waals surface area contributed by atoms with Crippen LogP contribution in [0.2, 0.25) is 0 Å². The third kappa shape index (κ3) is 3.41. The van der Waals surface area contributed by atoms with Crippen LogP contribution in [0.4, 0.5) is 5.69 Å². The Labute approximate surface area is 170 Å². The largest absolute Gasteiger partial charge is 0.464 e. The highest BCUT2D eigenvalue weighted by molar-refractivity contribution is 5.84. The second-order valence-electron chi connectivity index (χ2n) is 7.90. The minimum atomic E-state index is 0.375. The van der Waals surface area contributed by atoms with Gasteiger partial charge in [-0.3, -0.25) is 4.90 Å². The lowest BCUT2D eigenvalue weighted by molar-refractivity contribution is 0.185. The van der Waals surface area contributed by atoms with E-state index in [0.717, 1.165) is 31.8 Å². The number of hydrogen-bond acceptors (Lipinski definition) is 4. The Morgan fingerprint density at radius 2 is 1.93 bits per heavy atom. The molecule has 1 fully saturated rings. The van der Waals surface area contributed by atoms with Crippen molar-refractivity contribution in [2.75, 3.05) is 38.2 Å². The molecule has 1 aliphatic rings. The van der Waals surface area contributed by atoms with Crippen molar-refractivity contribution in [2.24, 2.45) is 0 Å².